The molecule has 0 radical (unpaired) electrons. The van der Waals surface area contributed by atoms with Crippen molar-refractivity contribution in [3.8, 4) is 0 Å². The summed E-state index contributed by atoms with van der Waals surface area (Å²) in [5.74, 6) is -0.198. The molecule has 2 fully saturated rings. The maximum atomic E-state index is 12.7. The molecule has 1 aromatic heterocycles. The van der Waals surface area contributed by atoms with E-state index in [9.17, 15) is 9.59 Å². The summed E-state index contributed by atoms with van der Waals surface area (Å²) in [6, 6.07) is 8.42. The van der Waals surface area contributed by atoms with Gasteiger partial charge in [-0.25, -0.2) is 5.43 Å². The van der Waals surface area contributed by atoms with Gasteiger partial charge in [-0.15, -0.1) is 0 Å². The van der Waals surface area contributed by atoms with E-state index in [4.69, 9.17) is 9.15 Å². The molecule has 2 amide bonds. The minimum atomic E-state index is -0.534. The van der Waals surface area contributed by atoms with Gasteiger partial charge in [-0.3, -0.25) is 15.0 Å². The highest BCUT2D eigenvalue weighted by Gasteiger charge is 2.36. The van der Waals surface area contributed by atoms with Crippen LogP contribution in [0.1, 0.15) is 36.2 Å². The molecule has 2 atom stereocenters. The van der Waals surface area contributed by atoms with Crippen molar-refractivity contribution >= 4 is 22.8 Å². The fourth-order valence-electron chi connectivity index (χ4n) is 3.95. The van der Waals surface area contributed by atoms with Gasteiger partial charge in [0.2, 0.25) is 5.91 Å². The van der Waals surface area contributed by atoms with Crippen LogP contribution in [0.3, 0.4) is 0 Å². The van der Waals surface area contributed by atoms with E-state index in [1.807, 2.05) is 24.3 Å². The lowest BCUT2D eigenvalue weighted by Gasteiger charge is -2.29. The van der Waals surface area contributed by atoms with Crippen LogP contribution in [0.5, 0.6) is 0 Å². The van der Waals surface area contributed by atoms with Crippen LogP contribution < -0.4 is 21.5 Å². The van der Waals surface area contributed by atoms with Crippen LogP contribution >= 0.6 is 0 Å². The van der Waals surface area contributed by atoms with Crippen molar-refractivity contribution < 1.29 is 18.7 Å². The first-order chi connectivity index (χ1) is 13.6. The summed E-state index contributed by atoms with van der Waals surface area (Å²) in [7, 11) is 1.73. The molecule has 1 saturated carbocycles. The zero-order valence-electron chi connectivity index (χ0n) is 15.9. The van der Waals surface area contributed by atoms with E-state index in [1.165, 1.54) is 0 Å². The molecule has 150 valence electrons. The van der Waals surface area contributed by atoms with Crippen LogP contribution in [0, 0.1) is 0 Å². The van der Waals surface area contributed by atoms with E-state index in [0.29, 0.717) is 12.1 Å². The molecule has 1 aromatic carbocycles. The predicted octanol–water partition coefficient (Wildman–Crippen LogP) is 1.08. The second-order valence-corrected chi connectivity index (χ2v) is 7.45. The fourth-order valence-corrected chi connectivity index (χ4v) is 3.95. The molecule has 2 unspecified atom stereocenters. The van der Waals surface area contributed by atoms with Crippen molar-refractivity contribution in [2.75, 3.05) is 13.7 Å². The Morgan fingerprint density at radius 3 is 2.68 bits per heavy atom. The van der Waals surface area contributed by atoms with Crippen molar-refractivity contribution in [2.24, 2.45) is 0 Å². The highest BCUT2D eigenvalue weighted by atomic mass is 16.5. The maximum Gasteiger partial charge on any atom is 0.287 e. The Balaban J connectivity index is 1.35. The molecule has 8 heteroatoms. The first kappa shape index (κ1) is 18.9. The molecule has 2 aromatic rings. The highest BCUT2D eigenvalue weighted by Crippen LogP contribution is 2.21. The van der Waals surface area contributed by atoms with Gasteiger partial charge in [0.25, 0.3) is 5.91 Å². The number of hydrazine groups is 1. The van der Waals surface area contributed by atoms with E-state index in [1.54, 1.807) is 13.2 Å². The third kappa shape index (κ3) is 4.04. The Hall–Kier alpha value is -2.42. The van der Waals surface area contributed by atoms with Crippen molar-refractivity contribution in [1.29, 1.82) is 0 Å². The number of furan rings is 1. The summed E-state index contributed by atoms with van der Waals surface area (Å²) in [6.45, 7) is 0.459. The summed E-state index contributed by atoms with van der Waals surface area (Å²) in [4.78, 5) is 25.3. The Labute approximate surface area is 163 Å². The van der Waals surface area contributed by atoms with Crippen LogP contribution in [0.4, 0.5) is 0 Å². The minimum absolute atomic E-state index is 0.110. The predicted molar refractivity (Wildman–Crippen MR) is 104 cm³/mol. The number of ether oxygens (including phenoxy) is 1. The van der Waals surface area contributed by atoms with Crippen molar-refractivity contribution in [3.63, 3.8) is 0 Å². The van der Waals surface area contributed by atoms with E-state index in [0.717, 1.165) is 31.1 Å². The lowest BCUT2D eigenvalue weighted by atomic mass is 9.92. The molecule has 1 saturated heterocycles. The van der Waals surface area contributed by atoms with E-state index < -0.39 is 6.04 Å². The quantitative estimate of drug-likeness (QED) is 0.613. The molecule has 2 heterocycles. The Morgan fingerprint density at radius 2 is 1.93 bits per heavy atom. The van der Waals surface area contributed by atoms with Gasteiger partial charge in [0.05, 0.1) is 12.1 Å². The minimum Gasteiger partial charge on any atom is -0.451 e. The molecule has 0 bridgehead atoms. The van der Waals surface area contributed by atoms with Crippen molar-refractivity contribution in [3.05, 3.63) is 36.1 Å². The smallest absolute Gasteiger partial charge is 0.287 e. The highest BCUT2D eigenvalue weighted by molar-refractivity contribution is 5.96. The largest absolute Gasteiger partial charge is 0.451 e. The van der Waals surface area contributed by atoms with Gasteiger partial charge in [0, 0.05) is 25.1 Å². The lowest BCUT2D eigenvalue weighted by molar-refractivity contribution is -0.124. The third-order valence-corrected chi connectivity index (χ3v) is 5.58. The molecule has 4 rings (SSSR count). The number of para-hydroxylation sites is 1. The molecule has 8 nitrogen and oxygen atoms in total. The molecule has 28 heavy (non-hydrogen) atoms. The SMILES string of the molecule is COC1CCC(NC(=O)C2NNCC2NC(=O)c2cc3ccccc3o2)CC1. The van der Waals surface area contributed by atoms with E-state index in [-0.39, 0.29) is 35.8 Å². The van der Waals surface area contributed by atoms with Gasteiger partial charge in [-0.1, -0.05) is 18.2 Å². The van der Waals surface area contributed by atoms with E-state index >= 15 is 0 Å². The summed E-state index contributed by atoms with van der Waals surface area (Å²) < 4.78 is 11.0. The average Bonchev–Trinajstić information content (AvgIpc) is 3.35. The number of methoxy groups -OCH3 is 1. The number of amides is 2. The number of fused-ring (bicyclic) bond motifs is 1. The fraction of sp³-hybridized carbons (Fsp3) is 0.500. The number of benzene rings is 1. The second-order valence-electron chi connectivity index (χ2n) is 7.45. The van der Waals surface area contributed by atoms with Crippen LogP contribution in [0.15, 0.2) is 34.7 Å². The Kier molecular flexibility index (Phi) is 5.61. The van der Waals surface area contributed by atoms with Crippen molar-refractivity contribution in [1.82, 2.24) is 21.5 Å². The third-order valence-electron chi connectivity index (χ3n) is 5.58. The molecule has 1 aliphatic carbocycles. The number of hydrogen-bond acceptors (Lipinski definition) is 6. The molecule has 1 aliphatic heterocycles. The van der Waals surface area contributed by atoms with Gasteiger partial charge in [-0.2, -0.15) is 0 Å². The van der Waals surface area contributed by atoms with Crippen LogP contribution in [-0.2, 0) is 9.53 Å². The molecule has 0 spiro atoms. The van der Waals surface area contributed by atoms with Crippen molar-refractivity contribution in [2.45, 2.75) is 49.9 Å². The zero-order valence-corrected chi connectivity index (χ0v) is 15.9. The normalized spacial score (nSPS) is 27.6. The van der Waals surface area contributed by atoms with Gasteiger partial charge in [-0.05, 0) is 37.8 Å². The Morgan fingerprint density at radius 1 is 1.14 bits per heavy atom. The Bertz CT molecular complexity index is 811. The second kappa shape index (κ2) is 8.30. The standard InChI is InChI=1S/C20H26N4O4/c1-27-14-8-6-13(7-9-14)22-20(26)18-15(11-21-24-18)23-19(25)17-10-12-4-2-3-5-16(12)28-17/h2-5,10,13-15,18,21,24H,6-9,11H2,1H3,(H,22,26)(H,23,25). The first-order valence-electron chi connectivity index (χ1n) is 9.75. The lowest BCUT2D eigenvalue weighted by Crippen LogP contribution is -2.55. The maximum absolute atomic E-state index is 12.7. The van der Waals surface area contributed by atoms with Gasteiger partial charge >= 0.3 is 0 Å². The summed E-state index contributed by atoms with van der Waals surface area (Å²) in [6.07, 6.45) is 3.99. The number of carbonyl (C=O) groups excluding carboxylic acids is 2. The molecular weight excluding hydrogens is 360 g/mol. The average molecular weight is 386 g/mol. The summed E-state index contributed by atoms with van der Waals surface area (Å²) in [5, 5.41) is 6.87. The van der Waals surface area contributed by atoms with Gasteiger partial charge < -0.3 is 19.8 Å². The van der Waals surface area contributed by atoms with Gasteiger partial charge in [0.1, 0.15) is 11.6 Å². The van der Waals surface area contributed by atoms with Crippen LogP contribution in [-0.4, -0.2) is 49.7 Å². The molecular formula is C20H26N4O4. The van der Waals surface area contributed by atoms with Crippen LogP contribution in [0.2, 0.25) is 0 Å². The number of hydrogen-bond donors (Lipinski definition) is 4. The van der Waals surface area contributed by atoms with Crippen LogP contribution in [0.25, 0.3) is 11.0 Å². The topological polar surface area (TPSA) is 105 Å². The first-order valence-corrected chi connectivity index (χ1v) is 9.75. The van der Waals surface area contributed by atoms with Gasteiger partial charge in [0.15, 0.2) is 5.76 Å². The molecule has 2 aliphatic rings. The summed E-state index contributed by atoms with van der Waals surface area (Å²) >= 11 is 0. The molecule has 4 N–H and O–H groups in total. The number of carbonyl (C=O) groups is 2. The number of nitrogens with one attached hydrogen (secondary N) is 4. The number of rotatable bonds is 5. The van der Waals surface area contributed by atoms with E-state index in [2.05, 4.69) is 21.5 Å². The summed E-state index contributed by atoms with van der Waals surface area (Å²) in [5.41, 5.74) is 6.59. The zero-order chi connectivity index (χ0) is 19.5. The monoisotopic (exact) mass is 386 g/mol.